The molecule has 3 heteroatoms. The number of hydrogen-bond acceptors (Lipinski definition) is 3. The summed E-state index contributed by atoms with van der Waals surface area (Å²) in [6.07, 6.45) is 3.21. The highest BCUT2D eigenvalue weighted by Crippen LogP contribution is 1.99. The van der Waals surface area contributed by atoms with Gasteiger partial charge in [-0.25, -0.2) is 4.79 Å². The van der Waals surface area contributed by atoms with Crippen LogP contribution >= 0.6 is 0 Å². The number of nitrogens with zero attached hydrogens (tertiary/aromatic N) is 1. The molecule has 0 unspecified atom stereocenters. The van der Waals surface area contributed by atoms with Gasteiger partial charge in [-0.2, -0.15) is 0 Å². The van der Waals surface area contributed by atoms with Crippen molar-refractivity contribution in [1.29, 1.82) is 0 Å². The molecule has 0 amide bonds. The zero-order valence-electron chi connectivity index (χ0n) is 10.2. The quantitative estimate of drug-likeness (QED) is 0.352. The number of ether oxygens (including phenoxy) is 1. The Hall–Kier alpha value is -0.830. The maximum absolute atomic E-state index is 11.0. The average molecular weight is 213 g/mol. The lowest BCUT2D eigenvalue weighted by molar-refractivity contribution is -0.139. The summed E-state index contributed by atoms with van der Waals surface area (Å²) in [5, 5.41) is 0. The van der Waals surface area contributed by atoms with E-state index in [2.05, 4.69) is 25.5 Å². The lowest BCUT2D eigenvalue weighted by atomic mass is 10.2. The van der Waals surface area contributed by atoms with E-state index in [0.717, 1.165) is 32.4 Å². The molecule has 0 aliphatic rings. The predicted octanol–water partition coefficient (Wildman–Crippen LogP) is 2.23. The second-order valence-electron chi connectivity index (χ2n) is 3.87. The number of carbonyl (C=O) groups is 1. The van der Waals surface area contributed by atoms with Gasteiger partial charge in [0.2, 0.25) is 0 Å². The van der Waals surface area contributed by atoms with Crippen molar-refractivity contribution in [1.82, 2.24) is 4.90 Å². The highest BCUT2D eigenvalue weighted by atomic mass is 16.5. The third-order valence-electron chi connectivity index (χ3n) is 2.31. The molecule has 0 aromatic carbocycles. The molecule has 0 saturated carbocycles. The molecule has 0 atom stereocenters. The number of rotatable bonds is 8. The fourth-order valence-corrected chi connectivity index (χ4v) is 1.11. The van der Waals surface area contributed by atoms with Crippen molar-refractivity contribution < 1.29 is 9.53 Å². The minimum Gasteiger partial charge on any atom is -0.462 e. The van der Waals surface area contributed by atoms with Crippen molar-refractivity contribution in [2.24, 2.45) is 0 Å². The Bertz CT molecular complexity index is 202. The summed E-state index contributed by atoms with van der Waals surface area (Å²) in [5.74, 6) is -0.277. The molecule has 0 aromatic rings. The Morgan fingerprint density at radius 1 is 1.33 bits per heavy atom. The first-order valence-electron chi connectivity index (χ1n) is 5.59. The Kier molecular flexibility index (Phi) is 8.01. The van der Waals surface area contributed by atoms with Crippen LogP contribution in [0.5, 0.6) is 0 Å². The smallest absolute Gasteiger partial charge is 0.333 e. The van der Waals surface area contributed by atoms with Gasteiger partial charge in [-0.05, 0) is 46.3 Å². The Labute approximate surface area is 93.1 Å². The van der Waals surface area contributed by atoms with Gasteiger partial charge in [0.05, 0.1) is 6.61 Å². The van der Waals surface area contributed by atoms with E-state index in [1.165, 1.54) is 0 Å². The van der Waals surface area contributed by atoms with E-state index in [1.54, 1.807) is 6.92 Å². The van der Waals surface area contributed by atoms with Crippen LogP contribution in [0.4, 0.5) is 0 Å². The van der Waals surface area contributed by atoms with Crippen LogP contribution in [-0.4, -0.2) is 37.6 Å². The molecule has 0 aromatic heterocycles. The van der Waals surface area contributed by atoms with Crippen LogP contribution < -0.4 is 0 Å². The number of carbonyl (C=O) groups excluding carboxylic acids is 1. The van der Waals surface area contributed by atoms with Crippen molar-refractivity contribution in [2.75, 3.05) is 26.7 Å². The highest BCUT2D eigenvalue weighted by molar-refractivity contribution is 5.86. The van der Waals surface area contributed by atoms with Crippen molar-refractivity contribution >= 4 is 5.97 Å². The Balaban J connectivity index is 3.25. The Morgan fingerprint density at radius 2 is 2.00 bits per heavy atom. The summed E-state index contributed by atoms with van der Waals surface area (Å²) in [7, 11) is 2.11. The minimum atomic E-state index is -0.277. The zero-order chi connectivity index (χ0) is 11.7. The molecular formula is C12H23NO2. The van der Waals surface area contributed by atoms with E-state index >= 15 is 0 Å². The van der Waals surface area contributed by atoms with Crippen LogP contribution in [-0.2, 0) is 9.53 Å². The van der Waals surface area contributed by atoms with Crippen LogP contribution in [0.15, 0.2) is 12.2 Å². The van der Waals surface area contributed by atoms with Gasteiger partial charge >= 0.3 is 5.97 Å². The zero-order valence-corrected chi connectivity index (χ0v) is 10.2. The van der Waals surface area contributed by atoms with Crippen LogP contribution in [0.1, 0.15) is 33.1 Å². The highest BCUT2D eigenvalue weighted by Gasteiger charge is 2.01. The van der Waals surface area contributed by atoms with Gasteiger partial charge in [-0.3, -0.25) is 0 Å². The molecule has 0 radical (unpaired) electrons. The molecule has 15 heavy (non-hydrogen) atoms. The number of esters is 1. The molecule has 0 bridgehead atoms. The fraction of sp³-hybridized carbons (Fsp3) is 0.750. The molecule has 0 spiro atoms. The first kappa shape index (κ1) is 14.2. The maximum atomic E-state index is 11.0. The third-order valence-corrected chi connectivity index (χ3v) is 2.31. The van der Waals surface area contributed by atoms with Crippen LogP contribution in [0.2, 0.25) is 0 Å². The first-order chi connectivity index (χ1) is 7.07. The van der Waals surface area contributed by atoms with Crippen molar-refractivity contribution in [2.45, 2.75) is 33.1 Å². The second kappa shape index (κ2) is 8.48. The normalized spacial score (nSPS) is 10.4. The Morgan fingerprint density at radius 3 is 2.53 bits per heavy atom. The van der Waals surface area contributed by atoms with E-state index in [1.807, 2.05) is 0 Å². The summed E-state index contributed by atoms with van der Waals surface area (Å²) in [6.45, 7) is 10.1. The molecular weight excluding hydrogens is 190 g/mol. The maximum Gasteiger partial charge on any atom is 0.333 e. The van der Waals surface area contributed by atoms with Gasteiger partial charge in [-0.1, -0.05) is 13.5 Å². The summed E-state index contributed by atoms with van der Waals surface area (Å²) in [5.41, 5.74) is 0.473. The van der Waals surface area contributed by atoms with E-state index in [-0.39, 0.29) is 5.97 Å². The van der Waals surface area contributed by atoms with Gasteiger partial charge in [0.15, 0.2) is 0 Å². The van der Waals surface area contributed by atoms with E-state index in [4.69, 9.17) is 4.74 Å². The molecule has 0 saturated heterocycles. The van der Waals surface area contributed by atoms with Crippen molar-refractivity contribution in [3.8, 4) is 0 Å². The average Bonchev–Trinajstić information content (AvgIpc) is 2.22. The lowest BCUT2D eigenvalue weighted by Gasteiger charge is -2.12. The molecule has 0 rings (SSSR count). The van der Waals surface area contributed by atoms with E-state index < -0.39 is 0 Å². The molecule has 3 nitrogen and oxygen atoms in total. The van der Waals surface area contributed by atoms with Gasteiger partial charge in [0, 0.05) is 5.57 Å². The second-order valence-corrected chi connectivity index (χ2v) is 3.87. The minimum absolute atomic E-state index is 0.277. The number of unbranched alkanes of at least 4 members (excludes halogenated alkanes) is 2. The van der Waals surface area contributed by atoms with Crippen LogP contribution in [0.25, 0.3) is 0 Å². The predicted molar refractivity (Wildman–Crippen MR) is 62.8 cm³/mol. The molecule has 88 valence electrons. The third kappa shape index (κ3) is 8.18. The molecule has 0 fully saturated rings. The summed E-state index contributed by atoms with van der Waals surface area (Å²) < 4.78 is 4.98. The first-order valence-corrected chi connectivity index (χ1v) is 5.59. The largest absolute Gasteiger partial charge is 0.462 e. The van der Waals surface area contributed by atoms with E-state index in [0.29, 0.717) is 12.2 Å². The molecule has 0 aliphatic heterocycles. The van der Waals surface area contributed by atoms with Gasteiger partial charge in [-0.15, -0.1) is 0 Å². The van der Waals surface area contributed by atoms with E-state index in [9.17, 15) is 4.79 Å². The number of hydrogen-bond donors (Lipinski definition) is 0. The van der Waals surface area contributed by atoms with Crippen LogP contribution in [0.3, 0.4) is 0 Å². The fourth-order valence-electron chi connectivity index (χ4n) is 1.11. The summed E-state index contributed by atoms with van der Waals surface area (Å²) in [4.78, 5) is 13.3. The van der Waals surface area contributed by atoms with Crippen molar-refractivity contribution in [3.05, 3.63) is 12.2 Å². The molecule has 0 N–H and O–H groups in total. The van der Waals surface area contributed by atoms with Gasteiger partial charge in [0.1, 0.15) is 0 Å². The van der Waals surface area contributed by atoms with Gasteiger partial charge < -0.3 is 9.64 Å². The monoisotopic (exact) mass is 213 g/mol. The van der Waals surface area contributed by atoms with Gasteiger partial charge in [0.25, 0.3) is 0 Å². The lowest BCUT2D eigenvalue weighted by Crippen LogP contribution is -2.18. The SMILES string of the molecule is C=C(C)C(=O)OCCCCCN(C)CC. The molecule has 0 heterocycles. The van der Waals surface area contributed by atoms with Crippen LogP contribution in [0, 0.1) is 0 Å². The van der Waals surface area contributed by atoms with Crippen molar-refractivity contribution in [3.63, 3.8) is 0 Å². The molecule has 0 aliphatic carbocycles. The topological polar surface area (TPSA) is 29.5 Å². The summed E-state index contributed by atoms with van der Waals surface area (Å²) in [6, 6.07) is 0. The standard InChI is InChI=1S/C12H23NO2/c1-5-13(4)9-7-6-8-10-15-12(14)11(2)3/h2,5-10H2,1,3-4H3. The summed E-state index contributed by atoms with van der Waals surface area (Å²) >= 11 is 0.